The number of halogens is 6. The fourth-order valence-corrected chi connectivity index (χ4v) is 0.553. The number of carbonyl (C=O) groups is 1. The number of aliphatic hydroxyl groups is 1. The van der Waals surface area contributed by atoms with E-state index < -0.39 is 23.9 Å². The van der Waals surface area contributed by atoms with Gasteiger partial charge in [-0.3, -0.25) is 0 Å². The van der Waals surface area contributed by atoms with Crippen LogP contribution in [0.1, 0.15) is 0 Å². The van der Waals surface area contributed by atoms with E-state index in [4.69, 9.17) is 5.11 Å². The van der Waals surface area contributed by atoms with Crippen molar-refractivity contribution in [2.75, 3.05) is 0 Å². The van der Waals surface area contributed by atoms with Gasteiger partial charge in [0.1, 0.15) is 0 Å². The summed E-state index contributed by atoms with van der Waals surface area (Å²) in [4.78, 5) is 10.4. The average Bonchev–Trinajstić information content (AvgIpc) is 1.99. The molecule has 15 heavy (non-hydrogen) atoms. The first kappa shape index (κ1) is 13.8. The van der Waals surface area contributed by atoms with Crippen molar-refractivity contribution in [1.29, 1.82) is 0 Å². The Hall–Kier alpha value is -1.25. The van der Waals surface area contributed by atoms with Crippen LogP contribution in [-0.4, -0.2) is 29.0 Å². The molecule has 3 nitrogen and oxygen atoms in total. The van der Waals surface area contributed by atoms with Crippen LogP contribution >= 0.6 is 0 Å². The highest BCUT2D eigenvalue weighted by molar-refractivity contribution is 5.82. The largest absolute Gasteiger partial charge is 0.437 e. The summed E-state index contributed by atoms with van der Waals surface area (Å²) in [6.07, 6.45) is -12.4. The van der Waals surface area contributed by atoms with Gasteiger partial charge in [-0.25, -0.2) is 4.79 Å². The standard InChI is InChI=1S/C6H4F6O3/c1-2-15-3(13)4(14,5(7,8)9)6(10,11)12/h2,14H,1H2. The molecule has 0 radical (unpaired) electrons. The minimum absolute atomic E-state index is 0.0464. The molecule has 0 aromatic heterocycles. The predicted molar refractivity (Wildman–Crippen MR) is 33.3 cm³/mol. The van der Waals surface area contributed by atoms with E-state index in [0.29, 0.717) is 0 Å². The number of ether oxygens (including phenoxy) is 1. The van der Waals surface area contributed by atoms with Crippen LogP contribution in [0.2, 0.25) is 0 Å². The van der Waals surface area contributed by atoms with Crippen LogP contribution in [-0.2, 0) is 9.53 Å². The Morgan fingerprint density at radius 3 is 1.67 bits per heavy atom. The van der Waals surface area contributed by atoms with Gasteiger partial charge in [0.05, 0.1) is 6.26 Å². The van der Waals surface area contributed by atoms with Gasteiger partial charge in [0, 0.05) is 0 Å². The number of hydrogen-bond acceptors (Lipinski definition) is 3. The average molecular weight is 238 g/mol. The van der Waals surface area contributed by atoms with E-state index >= 15 is 0 Å². The Kier molecular flexibility index (Phi) is 3.41. The summed E-state index contributed by atoms with van der Waals surface area (Å²) in [7, 11) is 0. The van der Waals surface area contributed by atoms with E-state index in [-0.39, 0.29) is 6.26 Å². The Morgan fingerprint density at radius 2 is 1.47 bits per heavy atom. The minimum atomic E-state index is -6.23. The van der Waals surface area contributed by atoms with Crippen LogP contribution in [0.3, 0.4) is 0 Å². The highest BCUT2D eigenvalue weighted by Gasteiger charge is 2.76. The van der Waals surface area contributed by atoms with Crippen molar-refractivity contribution in [3.05, 3.63) is 12.8 Å². The maximum absolute atomic E-state index is 11.9. The predicted octanol–water partition coefficient (Wildman–Crippen LogP) is 1.53. The smallest absolute Gasteiger partial charge is 0.432 e. The maximum atomic E-state index is 11.9. The first-order valence-corrected chi connectivity index (χ1v) is 3.16. The second kappa shape index (κ2) is 3.72. The van der Waals surface area contributed by atoms with Gasteiger partial charge in [-0.2, -0.15) is 26.3 Å². The lowest BCUT2D eigenvalue weighted by Gasteiger charge is -2.29. The number of esters is 1. The summed E-state index contributed by atoms with van der Waals surface area (Å²) in [6, 6.07) is 0. The minimum Gasteiger partial charge on any atom is -0.432 e. The van der Waals surface area contributed by atoms with Gasteiger partial charge >= 0.3 is 23.9 Å². The van der Waals surface area contributed by atoms with Gasteiger partial charge in [0.15, 0.2) is 0 Å². The highest BCUT2D eigenvalue weighted by Crippen LogP contribution is 2.43. The van der Waals surface area contributed by atoms with Crippen LogP contribution in [0.4, 0.5) is 26.3 Å². The third kappa shape index (κ3) is 2.22. The molecule has 0 saturated carbocycles. The molecule has 0 spiro atoms. The van der Waals surface area contributed by atoms with Gasteiger partial charge in [-0.15, -0.1) is 0 Å². The fraction of sp³-hybridized carbons (Fsp3) is 0.500. The van der Waals surface area contributed by atoms with Gasteiger partial charge < -0.3 is 9.84 Å². The van der Waals surface area contributed by atoms with Crippen LogP contribution in [0.25, 0.3) is 0 Å². The van der Waals surface area contributed by atoms with Crippen molar-refractivity contribution >= 4 is 5.97 Å². The molecular formula is C6H4F6O3. The molecule has 0 aliphatic carbocycles. The monoisotopic (exact) mass is 238 g/mol. The molecule has 0 saturated heterocycles. The zero-order valence-corrected chi connectivity index (χ0v) is 6.82. The summed E-state index contributed by atoms with van der Waals surface area (Å²) < 4.78 is 74.5. The van der Waals surface area contributed by atoms with Crippen molar-refractivity contribution in [2.24, 2.45) is 0 Å². The van der Waals surface area contributed by atoms with E-state index in [1.54, 1.807) is 0 Å². The van der Waals surface area contributed by atoms with Crippen LogP contribution in [0.5, 0.6) is 0 Å². The number of hydrogen-bond donors (Lipinski definition) is 1. The molecule has 0 heterocycles. The summed E-state index contributed by atoms with van der Waals surface area (Å²) in [5.41, 5.74) is -5.55. The number of carbonyl (C=O) groups excluding carboxylic acids is 1. The Morgan fingerprint density at radius 1 is 1.13 bits per heavy atom. The molecule has 0 aromatic carbocycles. The summed E-state index contributed by atoms with van der Waals surface area (Å²) in [5.74, 6) is -2.91. The highest BCUT2D eigenvalue weighted by atomic mass is 19.4. The van der Waals surface area contributed by atoms with Crippen LogP contribution in [0.15, 0.2) is 12.8 Å². The lowest BCUT2D eigenvalue weighted by atomic mass is 10.0. The molecule has 0 bridgehead atoms. The van der Waals surface area contributed by atoms with Crippen molar-refractivity contribution in [2.45, 2.75) is 18.0 Å². The second-order valence-corrected chi connectivity index (χ2v) is 2.28. The molecule has 0 atom stereocenters. The molecule has 0 unspecified atom stereocenters. The third-order valence-electron chi connectivity index (χ3n) is 1.31. The number of alkyl halides is 6. The summed E-state index contributed by atoms with van der Waals surface area (Å²) >= 11 is 0. The Bertz CT molecular complexity index is 251. The molecule has 0 fully saturated rings. The van der Waals surface area contributed by atoms with E-state index in [2.05, 4.69) is 11.3 Å². The molecule has 9 heteroatoms. The van der Waals surface area contributed by atoms with Gasteiger partial charge in [0.25, 0.3) is 0 Å². The van der Waals surface area contributed by atoms with Crippen molar-refractivity contribution in [3.8, 4) is 0 Å². The lowest BCUT2D eigenvalue weighted by molar-refractivity contribution is -0.355. The SMILES string of the molecule is C=COC(=O)C(O)(C(F)(F)F)C(F)(F)F. The first-order chi connectivity index (χ1) is 6.48. The second-order valence-electron chi connectivity index (χ2n) is 2.28. The van der Waals surface area contributed by atoms with Crippen LogP contribution in [0, 0.1) is 0 Å². The quantitative estimate of drug-likeness (QED) is 0.450. The Balaban J connectivity index is 5.42. The molecule has 0 aliphatic heterocycles. The Labute approximate surface area is 78.9 Å². The van der Waals surface area contributed by atoms with Gasteiger partial charge in [0.2, 0.25) is 0 Å². The molecule has 0 amide bonds. The van der Waals surface area contributed by atoms with Crippen molar-refractivity contribution in [1.82, 2.24) is 0 Å². The summed E-state index contributed by atoms with van der Waals surface area (Å²) in [5, 5.41) is 8.31. The summed E-state index contributed by atoms with van der Waals surface area (Å²) in [6.45, 7) is 2.59. The number of rotatable bonds is 2. The first-order valence-electron chi connectivity index (χ1n) is 3.16. The normalized spacial score (nSPS) is 13.5. The van der Waals surface area contributed by atoms with E-state index in [1.807, 2.05) is 0 Å². The molecule has 1 N–H and O–H groups in total. The molecular weight excluding hydrogens is 234 g/mol. The maximum Gasteiger partial charge on any atom is 0.437 e. The molecule has 0 aliphatic rings. The zero-order valence-electron chi connectivity index (χ0n) is 6.82. The lowest BCUT2D eigenvalue weighted by Crippen LogP contribution is -2.62. The van der Waals surface area contributed by atoms with E-state index in [1.165, 1.54) is 0 Å². The van der Waals surface area contributed by atoms with E-state index in [9.17, 15) is 31.1 Å². The van der Waals surface area contributed by atoms with Crippen LogP contribution < -0.4 is 0 Å². The molecule has 0 rings (SSSR count). The topological polar surface area (TPSA) is 46.5 Å². The van der Waals surface area contributed by atoms with Crippen molar-refractivity contribution < 1.29 is 41.0 Å². The van der Waals surface area contributed by atoms with Gasteiger partial charge in [-0.1, -0.05) is 6.58 Å². The zero-order chi connectivity index (χ0) is 12.5. The third-order valence-corrected chi connectivity index (χ3v) is 1.31. The van der Waals surface area contributed by atoms with Gasteiger partial charge in [-0.05, 0) is 0 Å². The van der Waals surface area contributed by atoms with E-state index in [0.717, 1.165) is 0 Å². The molecule has 88 valence electrons. The molecule has 0 aromatic rings. The fourth-order valence-electron chi connectivity index (χ4n) is 0.553. The van der Waals surface area contributed by atoms with Crippen molar-refractivity contribution in [3.63, 3.8) is 0 Å².